The molecule has 0 aliphatic carbocycles. The number of hydrogen-bond acceptors (Lipinski definition) is 3. The molecule has 126 valence electrons. The molecular weight excluding hydrogens is 320 g/mol. The van der Waals surface area contributed by atoms with Gasteiger partial charge in [0.2, 0.25) is 11.8 Å². The van der Waals surface area contributed by atoms with Crippen molar-refractivity contribution in [3.8, 4) is 0 Å². The molecule has 2 aromatic rings. The normalized spacial score (nSPS) is 10.2. The van der Waals surface area contributed by atoms with Crippen LogP contribution in [0.3, 0.4) is 0 Å². The van der Waals surface area contributed by atoms with Crippen LogP contribution in [-0.4, -0.2) is 23.3 Å². The van der Waals surface area contributed by atoms with Crippen molar-refractivity contribution in [1.82, 2.24) is 0 Å². The maximum absolute atomic E-state index is 12.0. The number of benzene rings is 2. The van der Waals surface area contributed by atoms with Crippen molar-refractivity contribution in [2.45, 2.75) is 20.3 Å². The van der Waals surface area contributed by atoms with Gasteiger partial charge in [0.15, 0.2) is 0 Å². The van der Waals surface area contributed by atoms with Crippen LogP contribution in [0.25, 0.3) is 0 Å². The fourth-order valence-electron chi connectivity index (χ4n) is 2.29. The molecule has 0 saturated heterocycles. The third-order valence-corrected chi connectivity index (χ3v) is 4.37. The van der Waals surface area contributed by atoms with Gasteiger partial charge >= 0.3 is 0 Å². The van der Waals surface area contributed by atoms with Crippen molar-refractivity contribution >= 4 is 35.0 Å². The van der Waals surface area contributed by atoms with Crippen molar-refractivity contribution in [2.75, 3.05) is 22.1 Å². The molecule has 4 nitrogen and oxygen atoms in total. The highest BCUT2D eigenvalue weighted by atomic mass is 32.2. The smallest absolute Gasteiger partial charge is 0.234 e. The van der Waals surface area contributed by atoms with Gasteiger partial charge in [-0.2, -0.15) is 0 Å². The van der Waals surface area contributed by atoms with E-state index in [-0.39, 0.29) is 23.3 Å². The average molecular weight is 342 g/mol. The molecule has 2 N–H and O–H groups in total. The third kappa shape index (κ3) is 5.74. The van der Waals surface area contributed by atoms with Crippen LogP contribution in [0.4, 0.5) is 11.4 Å². The number of carbonyl (C=O) groups excluding carboxylic acids is 2. The van der Waals surface area contributed by atoms with Crippen molar-refractivity contribution in [1.29, 1.82) is 0 Å². The van der Waals surface area contributed by atoms with E-state index in [1.165, 1.54) is 11.8 Å². The molecule has 0 aromatic heterocycles. The van der Waals surface area contributed by atoms with E-state index in [9.17, 15) is 9.59 Å². The number of aryl methyl sites for hydroxylation is 2. The molecule has 24 heavy (non-hydrogen) atoms. The summed E-state index contributed by atoms with van der Waals surface area (Å²) < 4.78 is 0. The molecule has 0 fully saturated rings. The Hall–Kier alpha value is -2.27. The standard InChI is InChI=1S/C19H22N2O2S/c1-3-15-8-4-5-10-17(15)21-19(23)13-24-12-18(22)20-16-9-6-7-14(2)11-16/h4-11H,3,12-13H2,1-2H3,(H,20,22)(H,21,23). The van der Waals surface area contributed by atoms with Crippen LogP contribution in [0.2, 0.25) is 0 Å². The van der Waals surface area contributed by atoms with E-state index < -0.39 is 0 Å². The van der Waals surface area contributed by atoms with Crippen molar-refractivity contribution in [2.24, 2.45) is 0 Å². The molecule has 0 bridgehead atoms. The van der Waals surface area contributed by atoms with Gasteiger partial charge in [-0.3, -0.25) is 9.59 Å². The number of para-hydroxylation sites is 1. The van der Waals surface area contributed by atoms with Gasteiger partial charge < -0.3 is 10.6 Å². The van der Waals surface area contributed by atoms with Crippen LogP contribution in [-0.2, 0) is 16.0 Å². The second-order valence-corrected chi connectivity index (χ2v) is 6.45. The fourth-order valence-corrected chi connectivity index (χ4v) is 2.91. The lowest BCUT2D eigenvalue weighted by atomic mass is 10.1. The highest BCUT2D eigenvalue weighted by molar-refractivity contribution is 8.00. The first-order valence-corrected chi connectivity index (χ1v) is 9.06. The number of rotatable bonds is 7. The van der Waals surface area contributed by atoms with Crippen molar-refractivity contribution in [3.05, 3.63) is 59.7 Å². The lowest BCUT2D eigenvalue weighted by Gasteiger charge is -2.09. The van der Waals surface area contributed by atoms with Gasteiger partial charge in [0, 0.05) is 11.4 Å². The van der Waals surface area contributed by atoms with E-state index in [1.807, 2.05) is 55.5 Å². The number of thioether (sulfide) groups is 1. The van der Waals surface area contributed by atoms with Crippen LogP contribution in [0.15, 0.2) is 48.5 Å². The highest BCUT2D eigenvalue weighted by Crippen LogP contribution is 2.16. The Morgan fingerprint density at radius 1 is 0.958 bits per heavy atom. The summed E-state index contributed by atoms with van der Waals surface area (Å²) in [4.78, 5) is 23.9. The zero-order valence-corrected chi connectivity index (χ0v) is 14.8. The molecule has 0 atom stereocenters. The summed E-state index contributed by atoms with van der Waals surface area (Å²) in [6, 6.07) is 15.4. The Morgan fingerprint density at radius 2 is 1.67 bits per heavy atom. The topological polar surface area (TPSA) is 58.2 Å². The second-order valence-electron chi connectivity index (χ2n) is 5.47. The van der Waals surface area contributed by atoms with Gasteiger partial charge in [-0.1, -0.05) is 37.3 Å². The predicted molar refractivity (Wildman–Crippen MR) is 102 cm³/mol. The van der Waals surface area contributed by atoms with E-state index >= 15 is 0 Å². The highest BCUT2D eigenvalue weighted by Gasteiger charge is 2.08. The van der Waals surface area contributed by atoms with Gasteiger partial charge in [0.25, 0.3) is 0 Å². The van der Waals surface area contributed by atoms with Crippen LogP contribution >= 0.6 is 11.8 Å². The molecule has 2 rings (SSSR count). The molecule has 2 amide bonds. The Balaban J connectivity index is 1.75. The fraction of sp³-hybridized carbons (Fsp3) is 0.263. The summed E-state index contributed by atoms with van der Waals surface area (Å²) >= 11 is 1.30. The first-order valence-electron chi connectivity index (χ1n) is 7.90. The zero-order valence-electron chi connectivity index (χ0n) is 14.0. The first kappa shape index (κ1) is 18.1. The summed E-state index contributed by atoms with van der Waals surface area (Å²) in [5, 5.41) is 5.73. The average Bonchev–Trinajstić information content (AvgIpc) is 2.55. The minimum atomic E-state index is -0.104. The third-order valence-electron chi connectivity index (χ3n) is 3.44. The molecule has 0 saturated carbocycles. The maximum Gasteiger partial charge on any atom is 0.234 e. The molecule has 0 unspecified atom stereocenters. The molecule has 0 spiro atoms. The quantitative estimate of drug-likeness (QED) is 0.803. The van der Waals surface area contributed by atoms with Crippen LogP contribution < -0.4 is 10.6 Å². The molecule has 0 aliphatic heterocycles. The lowest BCUT2D eigenvalue weighted by Crippen LogP contribution is -2.19. The number of anilines is 2. The summed E-state index contributed by atoms with van der Waals surface area (Å²) in [7, 11) is 0. The lowest BCUT2D eigenvalue weighted by molar-refractivity contribution is -0.114. The Morgan fingerprint density at radius 3 is 2.38 bits per heavy atom. The van der Waals surface area contributed by atoms with E-state index in [0.717, 1.165) is 28.9 Å². The number of nitrogens with one attached hydrogen (secondary N) is 2. The van der Waals surface area contributed by atoms with Crippen molar-refractivity contribution in [3.63, 3.8) is 0 Å². The van der Waals surface area contributed by atoms with Crippen LogP contribution in [0.5, 0.6) is 0 Å². The minimum Gasteiger partial charge on any atom is -0.325 e. The van der Waals surface area contributed by atoms with Gasteiger partial charge in [-0.05, 0) is 42.7 Å². The Labute approximate surface area is 147 Å². The summed E-state index contributed by atoms with van der Waals surface area (Å²) in [5.41, 5.74) is 3.82. The molecular formula is C19H22N2O2S. The molecule has 0 aliphatic rings. The van der Waals surface area contributed by atoms with Crippen molar-refractivity contribution < 1.29 is 9.59 Å². The SMILES string of the molecule is CCc1ccccc1NC(=O)CSCC(=O)Nc1cccc(C)c1. The zero-order chi connectivity index (χ0) is 17.4. The predicted octanol–water partition coefficient (Wildman–Crippen LogP) is 3.87. The molecule has 5 heteroatoms. The van der Waals surface area contributed by atoms with Gasteiger partial charge in [0.05, 0.1) is 11.5 Å². The maximum atomic E-state index is 12.0. The monoisotopic (exact) mass is 342 g/mol. The van der Waals surface area contributed by atoms with Gasteiger partial charge in [0.1, 0.15) is 0 Å². The largest absolute Gasteiger partial charge is 0.325 e. The van der Waals surface area contributed by atoms with Gasteiger partial charge in [-0.15, -0.1) is 11.8 Å². The van der Waals surface area contributed by atoms with E-state index in [0.29, 0.717) is 0 Å². The van der Waals surface area contributed by atoms with E-state index in [2.05, 4.69) is 17.6 Å². The second kappa shape index (κ2) is 9.13. The summed E-state index contributed by atoms with van der Waals surface area (Å²) in [6.45, 7) is 4.03. The molecule has 2 aromatic carbocycles. The number of amides is 2. The Kier molecular flexibility index (Phi) is 6.88. The van der Waals surface area contributed by atoms with Crippen LogP contribution in [0, 0.1) is 6.92 Å². The van der Waals surface area contributed by atoms with E-state index in [1.54, 1.807) is 0 Å². The first-order chi connectivity index (χ1) is 11.6. The number of hydrogen-bond donors (Lipinski definition) is 2. The molecule has 0 heterocycles. The van der Waals surface area contributed by atoms with Crippen LogP contribution in [0.1, 0.15) is 18.1 Å². The summed E-state index contributed by atoms with van der Waals surface area (Å²) in [5.74, 6) is 0.299. The Bertz CT molecular complexity index is 716. The van der Waals surface area contributed by atoms with Gasteiger partial charge in [-0.25, -0.2) is 0 Å². The molecule has 0 radical (unpaired) electrons. The minimum absolute atomic E-state index is 0.0933. The summed E-state index contributed by atoms with van der Waals surface area (Å²) in [6.07, 6.45) is 0.864. The number of carbonyl (C=O) groups is 2. The van der Waals surface area contributed by atoms with E-state index in [4.69, 9.17) is 0 Å².